The summed E-state index contributed by atoms with van der Waals surface area (Å²) < 4.78 is 2.16. The SMILES string of the molecule is CC(C)(C)c1cccc(-c2cc(-c3ccccc3)cc(-c3[c-]c(-n4c5ccccc5c5cccnc54)ccc3)n2)c1O.[Pt]. The number of para-hydroxylation sites is 2. The zero-order chi connectivity index (χ0) is 28.8. The van der Waals surface area contributed by atoms with Crippen molar-refractivity contribution in [3.63, 3.8) is 0 Å². The Labute approximate surface area is 266 Å². The second-order valence-electron chi connectivity index (χ2n) is 11.6. The Morgan fingerprint density at radius 1 is 0.698 bits per heavy atom. The molecule has 0 aliphatic rings. The van der Waals surface area contributed by atoms with Crippen LogP contribution in [-0.2, 0) is 26.5 Å². The number of phenols is 1. The number of rotatable bonds is 4. The normalized spacial score (nSPS) is 11.5. The number of hydrogen-bond donors (Lipinski definition) is 1. The van der Waals surface area contributed by atoms with Crippen molar-refractivity contribution in [3.05, 3.63) is 133 Å². The monoisotopic (exact) mass is 739 g/mol. The van der Waals surface area contributed by atoms with Crippen molar-refractivity contribution >= 4 is 21.9 Å². The molecule has 0 bridgehead atoms. The Kier molecular flexibility index (Phi) is 7.50. The molecule has 0 unspecified atom stereocenters. The minimum absolute atomic E-state index is 0. The molecule has 7 rings (SSSR count). The van der Waals surface area contributed by atoms with Gasteiger partial charge in [-0.05, 0) is 63.8 Å². The predicted molar refractivity (Wildman–Crippen MR) is 172 cm³/mol. The number of nitrogens with zero attached hydrogens (tertiary/aromatic N) is 3. The van der Waals surface area contributed by atoms with Gasteiger partial charge in [0.15, 0.2) is 0 Å². The molecule has 0 atom stereocenters. The average molecular weight is 740 g/mol. The quantitative estimate of drug-likeness (QED) is 0.183. The van der Waals surface area contributed by atoms with E-state index in [0.717, 1.165) is 55.6 Å². The van der Waals surface area contributed by atoms with Gasteiger partial charge < -0.3 is 9.67 Å². The first kappa shape index (κ1) is 28.6. The predicted octanol–water partition coefficient (Wildman–Crippen LogP) is 9.38. The second kappa shape index (κ2) is 11.3. The number of pyridine rings is 2. The van der Waals surface area contributed by atoms with Gasteiger partial charge in [-0.1, -0.05) is 87.5 Å². The van der Waals surface area contributed by atoms with Gasteiger partial charge in [0.2, 0.25) is 0 Å². The Morgan fingerprint density at radius 3 is 2.23 bits per heavy atom. The van der Waals surface area contributed by atoms with E-state index in [0.29, 0.717) is 11.3 Å². The summed E-state index contributed by atoms with van der Waals surface area (Å²) in [6.45, 7) is 6.32. The van der Waals surface area contributed by atoms with Crippen LogP contribution in [0.2, 0.25) is 0 Å². The Morgan fingerprint density at radius 2 is 1.42 bits per heavy atom. The number of phenolic OH excluding ortho intramolecular Hbond substituents is 1. The summed E-state index contributed by atoms with van der Waals surface area (Å²) in [6.07, 6.45) is 1.83. The molecule has 7 aromatic rings. The molecule has 0 aliphatic heterocycles. The van der Waals surface area contributed by atoms with Crippen LogP contribution in [0.25, 0.3) is 61.3 Å². The van der Waals surface area contributed by atoms with Crippen LogP contribution in [0.4, 0.5) is 0 Å². The summed E-state index contributed by atoms with van der Waals surface area (Å²) in [5.74, 6) is 0.266. The summed E-state index contributed by atoms with van der Waals surface area (Å²) in [5.41, 5.74) is 8.71. The van der Waals surface area contributed by atoms with E-state index in [4.69, 9.17) is 9.97 Å². The molecule has 3 aromatic heterocycles. The molecule has 0 radical (unpaired) electrons. The molecular weight excluding hydrogens is 710 g/mol. The van der Waals surface area contributed by atoms with E-state index in [2.05, 4.69) is 92.1 Å². The first-order valence-electron chi connectivity index (χ1n) is 14.2. The number of aromatic nitrogens is 3. The van der Waals surface area contributed by atoms with Gasteiger partial charge in [-0.3, -0.25) is 4.98 Å². The third-order valence-electron chi connectivity index (χ3n) is 7.78. The van der Waals surface area contributed by atoms with Crippen molar-refractivity contribution in [3.8, 4) is 45.1 Å². The molecular formula is C38H30N3OPt-. The molecule has 0 saturated heterocycles. The van der Waals surface area contributed by atoms with Crippen molar-refractivity contribution in [2.75, 3.05) is 0 Å². The van der Waals surface area contributed by atoms with Crippen LogP contribution in [0.15, 0.2) is 121 Å². The van der Waals surface area contributed by atoms with Crippen LogP contribution in [0, 0.1) is 6.07 Å². The van der Waals surface area contributed by atoms with Gasteiger partial charge in [0, 0.05) is 43.6 Å². The van der Waals surface area contributed by atoms with E-state index in [-0.39, 0.29) is 32.2 Å². The maximum atomic E-state index is 11.4. The Hall–Kier alpha value is -4.53. The number of aromatic hydroxyl groups is 1. The maximum absolute atomic E-state index is 11.4. The molecule has 0 amide bonds. The number of benzene rings is 4. The van der Waals surface area contributed by atoms with Gasteiger partial charge in [-0.15, -0.1) is 29.8 Å². The summed E-state index contributed by atoms with van der Waals surface area (Å²) in [7, 11) is 0. The summed E-state index contributed by atoms with van der Waals surface area (Å²) in [6, 6.07) is 42.6. The fourth-order valence-corrected chi connectivity index (χ4v) is 5.74. The molecule has 0 aliphatic carbocycles. The first-order chi connectivity index (χ1) is 20.4. The fourth-order valence-electron chi connectivity index (χ4n) is 5.74. The van der Waals surface area contributed by atoms with Crippen molar-refractivity contribution < 1.29 is 26.2 Å². The van der Waals surface area contributed by atoms with Crippen LogP contribution in [-0.4, -0.2) is 19.6 Å². The zero-order valence-electron chi connectivity index (χ0n) is 24.2. The average Bonchev–Trinajstić information content (AvgIpc) is 3.35. The van der Waals surface area contributed by atoms with Crippen molar-refractivity contribution in [2.24, 2.45) is 0 Å². The number of fused-ring (bicyclic) bond motifs is 3. The van der Waals surface area contributed by atoms with E-state index < -0.39 is 0 Å². The van der Waals surface area contributed by atoms with Crippen molar-refractivity contribution in [1.29, 1.82) is 0 Å². The van der Waals surface area contributed by atoms with Crippen LogP contribution in [0.5, 0.6) is 5.75 Å². The summed E-state index contributed by atoms with van der Waals surface area (Å²) >= 11 is 0. The molecule has 3 heterocycles. The molecule has 5 heteroatoms. The van der Waals surface area contributed by atoms with Gasteiger partial charge in [0.25, 0.3) is 0 Å². The molecule has 0 spiro atoms. The molecule has 4 nitrogen and oxygen atoms in total. The van der Waals surface area contributed by atoms with E-state index in [1.54, 1.807) is 0 Å². The van der Waals surface area contributed by atoms with Crippen molar-refractivity contribution in [2.45, 2.75) is 26.2 Å². The van der Waals surface area contributed by atoms with Crippen molar-refractivity contribution in [1.82, 2.24) is 14.5 Å². The molecule has 214 valence electrons. The van der Waals surface area contributed by atoms with Crippen LogP contribution in [0.1, 0.15) is 26.3 Å². The summed E-state index contributed by atoms with van der Waals surface area (Å²) in [4.78, 5) is 9.86. The van der Waals surface area contributed by atoms with Crippen LogP contribution in [0.3, 0.4) is 0 Å². The van der Waals surface area contributed by atoms with E-state index >= 15 is 0 Å². The number of hydrogen-bond acceptors (Lipinski definition) is 3. The Bertz CT molecular complexity index is 2040. The Balaban J connectivity index is 0.00000329. The van der Waals surface area contributed by atoms with Crippen LogP contribution < -0.4 is 0 Å². The van der Waals surface area contributed by atoms with Crippen LogP contribution >= 0.6 is 0 Å². The molecule has 0 fully saturated rings. The zero-order valence-corrected chi connectivity index (χ0v) is 26.4. The van der Waals surface area contributed by atoms with Gasteiger partial charge in [0.1, 0.15) is 11.4 Å². The van der Waals surface area contributed by atoms with Gasteiger partial charge in [-0.25, -0.2) is 4.98 Å². The third-order valence-corrected chi connectivity index (χ3v) is 7.78. The topological polar surface area (TPSA) is 50.9 Å². The first-order valence-corrected chi connectivity index (χ1v) is 14.2. The van der Waals surface area contributed by atoms with E-state index in [1.165, 1.54) is 0 Å². The third kappa shape index (κ3) is 5.17. The fraction of sp³-hybridized carbons (Fsp3) is 0.105. The standard InChI is InChI=1S/C38H30N3O.Pt/c1-38(2,3)32-19-10-17-31(36(32)42)34-24-27(25-12-5-4-6-13-25)23-33(40-34)26-14-9-15-28(22-26)41-35-20-8-7-16-29(35)30-18-11-21-39-37(30)41;/h4-21,23-24,42H,1-3H3;/q-1;. The minimum atomic E-state index is -0.210. The minimum Gasteiger partial charge on any atom is -0.507 e. The molecule has 43 heavy (non-hydrogen) atoms. The molecule has 1 N–H and O–H groups in total. The smallest absolute Gasteiger partial charge is 0.144 e. The van der Waals surface area contributed by atoms with Gasteiger partial charge >= 0.3 is 0 Å². The van der Waals surface area contributed by atoms with Gasteiger partial charge in [-0.2, -0.15) is 0 Å². The van der Waals surface area contributed by atoms with E-state index in [9.17, 15) is 5.11 Å². The summed E-state index contributed by atoms with van der Waals surface area (Å²) in [5, 5.41) is 13.7. The van der Waals surface area contributed by atoms with Gasteiger partial charge in [0.05, 0.1) is 11.2 Å². The molecule has 4 aromatic carbocycles. The van der Waals surface area contributed by atoms with E-state index in [1.807, 2.05) is 60.8 Å². The molecule has 0 saturated carbocycles. The largest absolute Gasteiger partial charge is 0.507 e. The second-order valence-corrected chi connectivity index (χ2v) is 11.6. The maximum Gasteiger partial charge on any atom is 0.144 e.